The van der Waals surface area contributed by atoms with Gasteiger partial charge in [0, 0.05) is 17.8 Å². The summed E-state index contributed by atoms with van der Waals surface area (Å²) in [5, 5.41) is 11.4. The van der Waals surface area contributed by atoms with Crippen molar-refractivity contribution in [3.8, 4) is 0 Å². The average Bonchev–Trinajstić information content (AvgIpc) is 3.38. The van der Waals surface area contributed by atoms with Crippen molar-refractivity contribution in [2.24, 2.45) is 0 Å². The van der Waals surface area contributed by atoms with Crippen molar-refractivity contribution in [1.82, 2.24) is 20.3 Å². The molecule has 0 unspecified atom stereocenters. The number of anilines is 1. The maximum absolute atomic E-state index is 14.2. The number of aryl methyl sites for hydroxylation is 1. The molecule has 0 aliphatic carbocycles. The largest absolute Gasteiger partial charge is 0.350 e. The van der Waals surface area contributed by atoms with Gasteiger partial charge in [-0.25, -0.2) is 4.68 Å². The summed E-state index contributed by atoms with van der Waals surface area (Å²) >= 11 is 0. The van der Waals surface area contributed by atoms with Crippen LogP contribution in [0.3, 0.4) is 0 Å². The number of para-hydroxylation sites is 1. The Morgan fingerprint density at radius 1 is 0.875 bits per heavy atom. The number of aromatic nitrogens is 3. The van der Waals surface area contributed by atoms with Gasteiger partial charge in [-0.05, 0) is 54.8 Å². The van der Waals surface area contributed by atoms with E-state index in [1.54, 1.807) is 24.3 Å². The summed E-state index contributed by atoms with van der Waals surface area (Å²) in [4.78, 5) is 42.0. The lowest BCUT2D eigenvalue weighted by atomic mass is 9.97. The van der Waals surface area contributed by atoms with Gasteiger partial charge in [0.05, 0.1) is 5.52 Å². The summed E-state index contributed by atoms with van der Waals surface area (Å²) in [7, 11) is 0. The normalized spacial score (nSPS) is 11.7. The summed E-state index contributed by atoms with van der Waals surface area (Å²) < 4.78 is 1.52. The maximum Gasteiger partial charge on any atom is 0.249 e. The minimum Gasteiger partial charge on any atom is -0.350 e. The number of carbonyl (C=O) groups excluding carboxylic acids is 3. The third kappa shape index (κ3) is 5.66. The van der Waals surface area contributed by atoms with Crippen molar-refractivity contribution in [2.75, 3.05) is 4.90 Å². The Hall–Kier alpha value is -5.11. The first-order valence-corrected chi connectivity index (χ1v) is 13.0. The molecule has 0 aliphatic heterocycles. The minimum atomic E-state index is -1.01. The number of hydrogen-bond acceptors (Lipinski definition) is 5. The Balaban J connectivity index is 1.60. The quantitative estimate of drug-likeness (QED) is 0.269. The number of ketones is 1. The zero-order valence-corrected chi connectivity index (χ0v) is 22.3. The molecule has 2 amide bonds. The van der Waals surface area contributed by atoms with E-state index in [2.05, 4.69) is 15.6 Å². The molecule has 8 nitrogen and oxygen atoms in total. The van der Waals surface area contributed by atoms with Crippen molar-refractivity contribution >= 4 is 34.3 Å². The van der Waals surface area contributed by atoms with Crippen LogP contribution in [0.25, 0.3) is 11.0 Å². The van der Waals surface area contributed by atoms with E-state index in [4.69, 9.17) is 0 Å². The topological polar surface area (TPSA) is 97.2 Å². The molecule has 1 heterocycles. The number of Topliss-reactive ketones (excluding diaryl/α,β-unsaturated/α-hetero) is 1. The lowest BCUT2D eigenvalue weighted by molar-refractivity contribution is -0.127. The number of nitrogens with one attached hydrogen (secondary N) is 1. The van der Waals surface area contributed by atoms with Crippen molar-refractivity contribution < 1.29 is 14.4 Å². The molecule has 0 radical (unpaired) electrons. The predicted octanol–water partition coefficient (Wildman–Crippen LogP) is 5.03. The molecular weight excluding hydrogens is 502 g/mol. The van der Waals surface area contributed by atoms with Gasteiger partial charge in [0.25, 0.3) is 0 Å². The van der Waals surface area contributed by atoms with Gasteiger partial charge in [0.15, 0.2) is 5.78 Å². The van der Waals surface area contributed by atoms with E-state index < -0.39 is 6.04 Å². The molecule has 4 aromatic carbocycles. The molecule has 5 aromatic rings. The van der Waals surface area contributed by atoms with Crippen LogP contribution in [0, 0.1) is 6.92 Å². The number of benzene rings is 4. The fourth-order valence-corrected chi connectivity index (χ4v) is 4.72. The van der Waals surface area contributed by atoms with Gasteiger partial charge in [-0.2, -0.15) is 0 Å². The van der Waals surface area contributed by atoms with Gasteiger partial charge in [0.2, 0.25) is 11.8 Å². The molecule has 200 valence electrons. The number of rotatable bonds is 9. The van der Waals surface area contributed by atoms with Crippen LogP contribution >= 0.6 is 0 Å². The Kier molecular flexibility index (Phi) is 7.77. The summed E-state index contributed by atoms with van der Waals surface area (Å²) in [5.74, 6) is -0.861. The fourth-order valence-electron chi connectivity index (χ4n) is 4.72. The molecule has 0 fully saturated rings. The highest BCUT2D eigenvalue weighted by Crippen LogP contribution is 2.31. The van der Waals surface area contributed by atoms with E-state index >= 15 is 0 Å². The Morgan fingerprint density at radius 3 is 2.38 bits per heavy atom. The monoisotopic (exact) mass is 531 g/mol. The van der Waals surface area contributed by atoms with Crippen LogP contribution in [-0.4, -0.2) is 32.6 Å². The zero-order chi connectivity index (χ0) is 28.1. The van der Waals surface area contributed by atoms with Crippen molar-refractivity contribution in [3.05, 3.63) is 125 Å². The van der Waals surface area contributed by atoms with Crippen LogP contribution in [0.1, 0.15) is 40.0 Å². The van der Waals surface area contributed by atoms with Crippen LogP contribution in [0.2, 0.25) is 0 Å². The summed E-state index contributed by atoms with van der Waals surface area (Å²) in [6.07, 6.45) is 0. The molecule has 8 heteroatoms. The molecule has 1 atom stereocenters. The number of hydrogen-bond donors (Lipinski definition) is 1. The van der Waals surface area contributed by atoms with Gasteiger partial charge >= 0.3 is 0 Å². The molecule has 0 saturated carbocycles. The number of nitrogens with zero attached hydrogens (tertiary/aromatic N) is 4. The second-order valence-corrected chi connectivity index (χ2v) is 9.57. The Bertz CT molecular complexity index is 1680. The molecule has 5 rings (SSSR count). The lowest BCUT2D eigenvalue weighted by Gasteiger charge is -2.32. The van der Waals surface area contributed by atoms with E-state index in [9.17, 15) is 14.4 Å². The molecular formula is C32H29N5O3. The first kappa shape index (κ1) is 26.5. The Morgan fingerprint density at radius 2 is 1.60 bits per heavy atom. The number of amides is 2. The van der Waals surface area contributed by atoms with Crippen LogP contribution in [0.5, 0.6) is 0 Å². The highest BCUT2D eigenvalue weighted by atomic mass is 16.2. The third-order valence-corrected chi connectivity index (χ3v) is 6.80. The van der Waals surface area contributed by atoms with Gasteiger partial charge < -0.3 is 5.32 Å². The standard InChI is InChI=1S/C32H29N5O3/c1-22-11-6-7-16-27(22)31(32(40)33-20-24-12-4-3-5-13-24)37(26-15-10-14-25(19-26)23(2)38)30(39)21-36-29-18-9-8-17-28(29)34-35-36/h3-19,31H,20-21H2,1-2H3,(H,33,40)/t31-/m0/s1. The summed E-state index contributed by atoms with van der Waals surface area (Å²) in [6, 6.07) is 30.2. The number of carbonyl (C=O) groups is 3. The fraction of sp³-hybridized carbons (Fsp3) is 0.156. The third-order valence-electron chi connectivity index (χ3n) is 6.80. The Labute approximate surface area is 232 Å². The van der Waals surface area contributed by atoms with E-state index in [1.807, 2.05) is 85.8 Å². The smallest absolute Gasteiger partial charge is 0.249 e. The van der Waals surface area contributed by atoms with Gasteiger partial charge in [0.1, 0.15) is 18.1 Å². The van der Waals surface area contributed by atoms with Crippen LogP contribution < -0.4 is 10.2 Å². The SMILES string of the molecule is CC(=O)c1cccc(N(C(=O)Cn2nnc3ccccc32)[C@H](C(=O)NCc2ccccc2)c2ccccc2C)c1. The van der Waals surface area contributed by atoms with E-state index in [-0.39, 0.29) is 24.1 Å². The second kappa shape index (κ2) is 11.7. The predicted molar refractivity (Wildman–Crippen MR) is 154 cm³/mol. The van der Waals surface area contributed by atoms with Gasteiger partial charge in [-0.3, -0.25) is 19.3 Å². The molecule has 1 aromatic heterocycles. The molecule has 40 heavy (non-hydrogen) atoms. The molecule has 0 bridgehead atoms. The highest BCUT2D eigenvalue weighted by molar-refractivity contribution is 6.03. The van der Waals surface area contributed by atoms with E-state index in [0.29, 0.717) is 34.4 Å². The van der Waals surface area contributed by atoms with Crippen molar-refractivity contribution in [3.63, 3.8) is 0 Å². The van der Waals surface area contributed by atoms with Gasteiger partial charge in [-0.1, -0.05) is 84.1 Å². The highest BCUT2D eigenvalue weighted by Gasteiger charge is 2.34. The molecule has 0 spiro atoms. The zero-order valence-electron chi connectivity index (χ0n) is 22.3. The van der Waals surface area contributed by atoms with E-state index in [0.717, 1.165) is 11.1 Å². The molecule has 0 saturated heterocycles. The van der Waals surface area contributed by atoms with Gasteiger partial charge in [-0.15, -0.1) is 5.10 Å². The average molecular weight is 532 g/mol. The second-order valence-electron chi connectivity index (χ2n) is 9.57. The first-order valence-electron chi connectivity index (χ1n) is 13.0. The van der Waals surface area contributed by atoms with Crippen molar-refractivity contribution in [2.45, 2.75) is 33.0 Å². The molecule has 1 N–H and O–H groups in total. The van der Waals surface area contributed by atoms with Crippen LogP contribution in [0.15, 0.2) is 103 Å². The minimum absolute atomic E-state index is 0.141. The number of fused-ring (bicyclic) bond motifs is 1. The lowest BCUT2D eigenvalue weighted by Crippen LogP contribution is -2.45. The van der Waals surface area contributed by atoms with Crippen molar-refractivity contribution in [1.29, 1.82) is 0 Å². The molecule has 0 aliphatic rings. The summed E-state index contributed by atoms with van der Waals surface area (Å²) in [5.41, 5.74) is 4.71. The maximum atomic E-state index is 14.2. The summed E-state index contributed by atoms with van der Waals surface area (Å²) in [6.45, 7) is 3.52. The van der Waals surface area contributed by atoms with E-state index in [1.165, 1.54) is 16.5 Å². The van der Waals surface area contributed by atoms with Crippen LogP contribution in [-0.2, 0) is 22.7 Å². The van der Waals surface area contributed by atoms with Crippen LogP contribution in [0.4, 0.5) is 5.69 Å². The first-order chi connectivity index (χ1) is 19.4.